The minimum absolute atomic E-state index is 0.0336. The standard InChI is InChI=1S/C22H30ClNO2/c1-5-16-6-8-21(19(14-16)22(2,3)4)26-13-12-25-20-9-7-18(23)15-17(20)10-11-24/h6-9,14-15H,5,10-13,24H2,1-4H3. The number of benzene rings is 2. The summed E-state index contributed by atoms with van der Waals surface area (Å²) in [7, 11) is 0. The molecule has 0 atom stereocenters. The Morgan fingerprint density at radius 3 is 2.23 bits per heavy atom. The van der Waals surface area contributed by atoms with E-state index in [4.69, 9.17) is 26.8 Å². The normalized spacial score (nSPS) is 11.5. The molecule has 0 saturated carbocycles. The first-order valence-corrected chi connectivity index (χ1v) is 9.60. The zero-order valence-corrected chi connectivity index (χ0v) is 17.0. The van der Waals surface area contributed by atoms with E-state index >= 15 is 0 Å². The van der Waals surface area contributed by atoms with Crippen LogP contribution in [0.4, 0.5) is 0 Å². The first-order chi connectivity index (χ1) is 12.3. The van der Waals surface area contributed by atoms with Crippen LogP contribution in [0.5, 0.6) is 11.5 Å². The minimum Gasteiger partial charge on any atom is -0.490 e. The smallest absolute Gasteiger partial charge is 0.123 e. The Morgan fingerprint density at radius 2 is 1.62 bits per heavy atom. The van der Waals surface area contributed by atoms with Gasteiger partial charge in [0, 0.05) is 5.02 Å². The number of rotatable bonds is 8. The summed E-state index contributed by atoms with van der Waals surface area (Å²) in [5.74, 6) is 1.75. The fraction of sp³-hybridized carbons (Fsp3) is 0.455. The molecule has 0 fully saturated rings. The van der Waals surface area contributed by atoms with Crippen LogP contribution in [0.2, 0.25) is 5.02 Å². The van der Waals surface area contributed by atoms with E-state index in [0.29, 0.717) is 24.8 Å². The van der Waals surface area contributed by atoms with Crippen molar-refractivity contribution in [3.63, 3.8) is 0 Å². The molecule has 0 aliphatic rings. The van der Waals surface area contributed by atoms with E-state index in [1.165, 1.54) is 11.1 Å². The highest BCUT2D eigenvalue weighted by Crippen LogP contribution is 2.32. The van der Waals surface area contributed by atoms with Gasteiger partial charge in [0.15, 0.2) is 0 Å². The molecule has 0 spiro atoms. The van der Waals surface area contributed by atoms with Crippen LogP contribution in [0.1, 0.15) is 44.4 Å². The Kier molecular flexibility index (Phi) is 7.36. The third-order valence-electron chi connectivity index (χ3n) is 4.29. The molecule has 0 heterocycles. The van der Waals surface area contributed by atoms with Crippen LogP contribution in [0, 0.1) is 0 Å². The highest BCUT2D eigenvalue weighted by atomic mass is 35.5. The predicted octanol–water partition coefficient (Wildman–Crippen LogP) is 5.16. The molecular formula is C22H30ClNO2. The van der Waals surface area contributed by atoms with E-state index in [-0.39, 0.29) is 5.41 Å². The molecule has 0 bridgehead atoms. The van der Waals surface area contributed by atoms with Gasteiger partial charge in [-0.3, -0.25) is 0 Å². The summed E-state index contributed by atoms with van der Waals surface area (Å²) in [4.78, 5) is 0. The van der Waals surface area contributed by atoms with Crippen LogP contribution in [-0.2, 0) is 18.3 Å². The average molecular weight is 376 g/mol. The van der Waals surface area contributed by atoms with Crippen molar-refractivity contribution in [3.05, 3.63) is 58.1 Å². The van der Waals surface area contributed by atoms with Crippen molar-refractivity contribution in [2.24, 2.45) is 5.73 Å². The van der Waals surface area contributed by atoms with Crippen molar-refractivity contribution in [3.8, 4) is 11.5 Å². The molecule has 0 aromatic heterocycles. The van der Waals surface area contributed by atoms with Crippen LogP contribution < -0.4 is 15.2 Å². The molecule has 2 rings (SSSR count). The van der Waals surface area contributed by atoms with Crippen LogP contribution in [0.25, 0.3) is 0 Å². The summed E-state index contributed by atoms with van der Waals surface area (Å²) in [5, 5.41) is 0.697. The molecule has 26 heavy (non-hydrogen) atoms. The molecule has 0 radical (unpaired) electrons. The molecule has 0 saturated heterocycles. The molecular weight excluding hydrogens is 346 g/mol. The number of ether oxygens (including phenoxy) is 2. The van der Waals surface area contributed by atoms with E-state index in [1.807, 2.05) is 18.2 Å². The lowest BCUT2D eigenvalue weighted by Crippen LogP contribution is -2.16. The largest absolute Gasteiger partial charge is 0.490 e. The molecule has 2 N–H and O–H groups in total. The lowest BCUT2D eigenvalue weighted by atomic mass is 9.85. The summed E-state index contributed by atoms with van der Waals surface area (Å²) in [5.41, 5.74) is 9.29. The maximum Gasteiger partial charge on any atom is 0.123 e. The second-order valence-corrected chi connectivity index (χ2v) is 7.86. The van der Waals surface area contributed by atoms with E-state index in [9.17, 15) is 0 Å². The van der Waals surface area contributed by atoms with Crippen molar-refractivity contribution in [2.75, 3.05) is 19.8 Å². The third-order valence-corrected chi connectivity index (χ3v) is 4.53. The predicted molar refractivity (Wildman–Crippen MR) is 110 cm³/mol. The van der Waals surface area contributed by atoms with Gasteiger partial charge < -0.3 is 15.2 Å². The average Bonchev–Trinajstić information content (AvgIpc) is 2.59. The van der Waals surface area contributed by atoms with E-state index in [2.05, 4.69) is 45.9 Å². The first-order valence-electron chi connectivity index (χ1n) is 9.22. The molecule has 142 valence electrons. The van der Waals surface area contributed by atoms with Crippen molar-refractivity contribution >= 4 is 11.6 Å². The fourth-order valence-electron chi connectivity index (χ4n) is 2.85. The van der Waals surface area contributed by atoms with Crippen molar-refractivity contribution in [1.29, 1.82) is 0 Å². The maximum absolute atomic E-state index is 6.06. The van der Waals surface area contributed by atoms with Crippen LogP contribution in [0.15, 0.2) is 36.4 Å². The highest BCUT2D eigenvalue weighted by molar-refractivity contribution is 6.30. The van der Waals surface area contributed by atoms with E-state index < -0.39 is 0 Å². The van der Waals surface area contributed by atoms with E-state index in [1.54, 1.807) is 0 Å². The van der Waals surface area contributed by atoms with Gasteiger partial charge in [-0.1, -0.05) is 51.4 Å². The Labute approximate surface area is 162 Å². The number of hydrogen-bond donors (Lipinski definition) is 1. The Hall–Kier alpha value is -1.71. The lowest BCUT2D eigenvalue weighted by Gasteiger charge is -2.24. The van der Waals surface area contributed by atoms with Gasteiger partial charge >= 0.3 is 0 Å². The van der Waals surface area contributed by atoms with Gasteiger partial charge in [-0.25, -0.2) is 0 Å². The van der Waals surface area contributed by atoms with Crippen LogP contribution in [-0.4, -0.2) is 19.8 Å². The van der Waals surface area contributed by atoms with Crippen molar-refractivity contribution in [1.82, 2.24) is 0 Å². The highest BCUT2D eigenvalue weighted by Gasteiger charge is 2.19. The fourth-order valence-corrected chi connectivity index (χ4v) is 3.05. The maximum atomic E-state index is 6.06. The summed E-state index contributed by atoms with van der Waals surface area (Å²) >= 11 is 6.06. The molecule has 0 unspecified atom stereocenters. The van der Waals surface area contributed by atoms with Crippen LogP contribution in [0.3, 0.4) is 0 Å². The topological polar surface area (TPSA) is 44.5 Å². The second kappa shape index (κ2) is 9.29. The van der Waals surface area contributed by atoms with Gasteiger partial charge in [0.2, 0.25) is 0 Å². The zero-order valence-electron chi connectivity index (χ0n) is 16.3. The summed E-state index contributed by atoms with van der Waals surface area (Å²) in [6.07, 6.45) is 1.76. The summed E-state index contributed by atoms with van der Waals surface area (Å²) in [6.45, 7) is 10.3. The molecule has 0 aliphatic heterocycles. The summed E-state index contributed by atoms with van der Waals surface area (Å²) < 4.78 is 11.9. The number of aryl methyl sites for hydroxylation is 1. The van der Waals surface area contributed by atoms with Gasteiger partial charge in [0.1, 0.15) is 24.7 Å². The molecule has 3 nitrogen and oxygen atoms in total. The van der Waals surface area contributed by atoms with Gasteiger partial charge in [-0.2, -0.15) is 0 Å². The van der Waals surface area contributed by atoms with Gasteiger partial charge in [-0.05, 0) is 65.8 Å². The monoisotopic (exact) mass is 375 g/mol. The summed E-state index contributed by atoms with van der Waals surface area (Å²) in [6, 6.07) is 12.1. The van der Waals surface area contributed by atoms with Crippen molar-refractivity contribution < 1.29 is 9.47 Å². The van der Waals surface area contributed by atoms with Gasteiger partial charge in [0.25, 0.3) is 0 Å². The van der Waals surface area contributed by atoms with Crippen LogP contribution >= 0.6 is 11.6 Å². The number of nitrogens with two attached hydrogens (primary N) is 1. The number of halogens is 1. The Morgan fingerprint density at radius 1 is 0.962 bits per heavy atom. The Bertz CT molecular complexity index is 723. The van der Waals surface area contributed by atoms with Gasteiger partial charge in [-0.15, -0.1) is 0 Å². The number of hydrogen-bond acceptors (Lipinski definition) is 3. The first kappa shape index (κ1) is 20.6. The minimum atomic E-state index is 0.0336. The van der Waals surface area contributed by atoms with Crippen molar-refractivity contribution in [2.45, 2.75) is 46.0 Å². The SMILES string of the molecule is CCc1ccc(OCCOc2ccc(Cl)cc2CCN)c(C(C)(C)C)c1. The third kappa shape index (κ3) is 5.65. The van der Waals surface area contributed by atoms with Gasteiger partial charge in [0.05, 0.1) is 0 Å². The second-order valence-electron chi connectivity index (χ2n) is 7.42. The Balaban J connectivity index is 2.01. The molecule has 0 amide bonds. The molecule has 2 aromatic carbocycles. The quantitative estimate of drug-likeness (QED) is 0.648. The van der Waals surface area contributed by atoms with E-state index in [0.717, 1.165) is 29.9 Å². The molecule has 4 heteroatoms. The lowest BCUT2D eigenvalue weighted by molar-refractivity contribution is 0.213. The molecule has 0 aliphatic carbocycles. The molecule has 2 aromatic rings. The zero-order chi connectivity index (χ0) is 19.2.